The van der Waals surface area contributed by atoms with Crippen LogP contribution in [-0.2, 0) is 4.79 Å². The first kappa shape index (κ1) is 16.3. The van der Waals surface area contributed by atoms with E-state index in [1.807, 2.05) is 24.0 Å². The van der Waals surface area contributed by atoms with Crippen LogP contribution >= 0.6 is 15.9 Å². The standard InChI is InChI=1S/C16H23BrN2O2/c1-11(2)14-10-13(17)4-5-15(14)21-12(3)16(20)19-8-6-18-7-9-19/h4-5,10-12,18H,6-9H2,1-3H3. The Morgan fingerprint density at radius 2 is 1.95 bits per heavy atom. The molecular weight excluding hydrogens is 332 g/mol. The lowest BCUT2D eigenvalue weighted by Gasteiger charge is -2.30. The summed E-state index contributed by atoms with van der Waals surface area (Å²) in [6, 6.07) is 5.94. The second kappa shape index (κ2) is 7.27. The molecule has 21 heavy (non-hydrogen) atoms. The Hall–Kier alpha value is -1.07. The number of nitrogens with zero attached hydrogens (tertiary/aromatic N) is 1. The summed E-state index contributed by atoms with van der Waals surface area (Å²) >= 11 is 3.48. The fraction of sp³-hybridized carbons (Fsp3) is 0.562. The lowest BCUT2D eigenvalue weighted by atomic mass is 10.0. The molecule has 0 spiro atoms. The van der Waals surface area contributed by atoms with Gasteiger partial charge in [0, 0.05) is 30.7 Å². The summed E-state index contributed by atoms with van der Waals surface area (Å²) in [5, 5.41) is 3.25. The zero-order valence-corrected chi connectivity index (χ0v) is 14.4. The summed E-state index contributed by atoms with van der Waals surface area (Å²) < 4.78 is 6.97. The Balaban J connectivity index is 2.08. The molecule has 1 fully saturated rings. The fourth-order valence-electron chi connectivity index (χ4n) is 2.46. The summed E-state index contributed by atoms with van der Waals surface area (Å²) in [4.78, 5) is 14.3. The molecule has 1 atom stereocenters. The van der Waals surface area contributed by atoms with Gasteiger partial charge in [-0.25, -0.2) is 0 Å². The molecule has 2 rings (SSSR count). The minimum Gasteiger partial charge on any atom is -0.481 e. The number of ether oxygens (including phenoxy) is 1. The lowest BCUT2D eigenvalue weighted by molar-refractivity contribution is -0.138. The second-order valence-corrected chi connectivity index (χ2v) is 6.59. The number of carbonyl (C=O) groups is 1. The zero-order chi connectivity index (χ0) is 15.4. The van der Waals surface area contributed by atoms with Crippen molar-refractivity contribution >= 4 is 21.8 Å². The van der Waals surface area contributed by atoms with Crippen LogP contribution in [0.5, 0.6) is 5.75 Å². The van der Waals surface area contributed by atoms with E-state index in [2.05, 4.69) is 41.2 Å². The average Bonchev–Trinajstić information content (AvgIpc) is 2.49. The van der Waals surface area contributed by atoms with E-state index in [0.717, 1.165) is 42.0 Å². The summed E-state index contributed by atoms with van der Waals surface area (Å²) in [7, 11) is 0. The minimum atomic E-state index is -0.457. The van der Waals surface area contributed by atoms with Crippen LogP contribution in [0.2, 0.25) is 0 Å². The predicted octanol–water partition coefficient (Wildman–Crippen LogP) is 2.77. The molecule has 1 aromatic carbocycles. The topological polar surface area (TPSA) is 41.6 Å². The molecule has 4 nitrogen and oxygen atoms in total. The number of rotatable bonds is 4. The maximum Gasteiger partial charge on any atom is 0.263 e. The molecule has 0 aromatic heterocycles. The molecule has 1 unspecified atom stereocenters. The number of carbonyl (C=O) groups excluding carboxylic acids is 1. The number of amides is 1. The first-order valence-electron chi connectivity index (χ1n) is 7.44. The molecule has 0 saturated carbocycles. The van der Waals surface area contributed by atoms with Crippen molar-refractivity contribution in [1.29, 1.82) is 0 Å². The monoisotopic (exact) mass is 354 g/mol. The van der Waals surface area contributed by atoms with Crippen LogP contribution in [0.15, 0.2) is 22.7 Å². The third-order valence-electron chi connectivity index (χ3n) is 3.67. The van der Waals surface area contributed by atoms with Gasteiger partial charge in [-0.05, 0) is 36.6 Å². The van der Waals surface area contributed by atoms with Crippen molar-refractivity contribution in [3.8, 4) is 5.75 Å². The van der Waals surface area contributed by atoms with Crippen LogP contribution < -0.4 is 10.1 Å². The summed E-state index contributed by atoms with van der Waals surface area (Å²) in [6.07, 6.45) is -0.457. The van der Waals surface area contributed by atoms with Gasteiger partial charge in [0.05, 0.1) is 0 Å². The number of piperazine rings is 1. The highest BCUT2D eigenvalue weighted by molar-refractivity contribution is 9.10. The molecule has 0 aliphatic carbocycles. The Kier molecular flexibility index (Phi) is 5.65. The van der Waals surface area contributed by atoms with Crippen LogP contribution in [0.4, 0.5) is 0 Å². The van der Waals surface area contributed by atoms with Crippen LogP contribution in [0, 0.1) is 0 Å². The third kappa shape index (κ3) is 4.20. The minimum absolute atomic E-state index is 0.0640. The van der Waals surface area contributed by atoms with Crippen molar-refractivity contribution in [2.75, 3.05) is 26.2 Å². The molecule has 0 bridgehead atoms. The van der Waals surface area contributed by atoms with E-state index < -0.39 is 6.10 Å². The summed E-state index contributed by atoms with van der Waals surface area (Å²) in [6.45, 7) is 9.29. The van der Waals surface area contributed by atoms with Crippen molar-refractivity contribution in [2.45, 2.75) is 32.8 Å². The molecule has 1 amide bonds. The Bertz CT molecular complexity index is 499. The molecule has 0 radical (unpaired) electrons. The highest BCUT2D eigenvalue weighted by Gasteiger charge is 2.24. The van der Waals surface area contributed by atoms with Gasteiger partial charge >= 0.3 is 0 Å². The highest BCUT2D eigenvalue weighted by atomic mass is 79.9. The van der Waals surface area contributed by atoms with Gasteiger partial charge < -0.3 is 15.0 Å². The zero-order valence-electron chi connectivity index (χ0n) is 12.9. The number of halogens is 1. The highest BCUT2D eigenvalue weighted by Crippen LogP contribution is 2.30. The van der Waals surface area contributed by atoms with Gasteiger partial charge in [0.25, 0.3) is 5.91 Å². The molecule has 116 valence electrons. The Labute approximate surface area is 135 Å². The lowest BCUT2D eigenvalue weighted by Crippen LogP contribution is -2.50. The molecule has 1 N–H and O–H groups in total. The van der Waals surface area contributed by atoms with Crippen LogP contribution in [0.1, 0.15) is 32.3 Å². The van der Waals surface area contributed by atoms with Gasteiger partial charge in [-0.2, -0.15) is 0 Å². The Morgan fingerprint density at radius 3 is 2.57 bits per heavy atom. The first-order chi connectivity index (χ1) is 9.99. The molecule has 1 heterocycles. The molecule has 1 aliphatic heterocycles. The molecule has 1 aromatic rings. The number of benzene rings is 1. The van der Waals surface area contributed by atoms with Gasteiger partial charge in [-0.3, -0.25) is 4.79 Å². The smallest absolute Gasteiger partial charge is 0.263 e. The Morgan fingerprint density at radius 1 is 1.29 bits per heavy atom. The summed E-state index contributed by atoms with van der Waals surface area (Å²) in [5.74, 6) is 1.21. The maximum absolute atomic E-state index is 12.4. The normalized spacial score (nSPS) is 16.9. The average molecular weight is 355 g/mol. The third-order valence-corrected chi connectivity index (χ3v) is 4.17. The fourth-order valence-corrected chi connectivity index (χ4v) is 2.84. The van der Waals surface area contributed by atoms with Crippen molar-refractivity contribution < 1.29 is 9.53 Å². The SMILES string of the molecule is CC(Oc1ccc(Br)cc1C(C)C)C(=O)N1CCNCC1. The van der Waals surface area contributed by atoms with E-state index in [9.17, 15) is 4.79 Å². The van der Waals surface area contributed by atoms with Gasteiger partial charge in [0.2, 0.25) is 0 Å². The molecule has 5 heteroatoms. The number of hydrogen-bond acceptors (Lipinski definition) is 3. The number of nitrogens with one attached hydrogen (secondary N) is 1. The van der Waals surface area contributed by atoms with Gasteiger partial charge in [-0.1, -0.05) is 29.8 Å². The van der Waals surface area contributed by atoms with Crippen molar-refractivity contribution in [1.82, 2.24) is 10.2 Å². The van der Waals surface area contributed by atoms with Gasteiger partial charge in [0.1, 0.15) is 5.75 Å². The van der Waals surface area contributed by atoms with E-state index in [0.29, 0.717) is 5.92 Å². The van der Waals surface area contributed by atoms with E-state index >= 15 is 0 Å². The quantitative estimate of drug-likeness (QED) is 0.903. The van der Waals surface area contributed by atoms with Crippen molar-refractivity contribution in [3.63, 3.8) is 0 Å². The van der Waals surface area contributed by atoms with E-state index in [1.165, 1.54) is 0 Å². The molecule has 1 aliphatic rings. The number of hydrogen-bond donors (Lipinski definition) is 1. The van der Waals surface area contributed by atoms with Crippen LogP contribution in [0.25, 0.3) is 0 Å². The van der Waals surface area contributed by atoms with Gasteiger partial charge in [-0.15, -0.1) is 0 Å². The van der Waals surface area contributed by atoms with E-state index in [-0.39, 0.29) is 5.91 Å². The largest absolute Gasteiger partial charge is 0.481 e. The molecule has 1 saturated heterocycles. The second-order valence-electron chi connectivity index (χ2n) is 5.67. The predicted molar refractivity (Wildman–Crippen MR) is 87.8 cm³/mol. The van der Waals surface area contributed by atoms with Crippen molar-refractivity contribution in [3.05, 3.63) is 28.2 Å². The molecular formula is C16H23BrN2O2. The van der Waals surface area contributed by atoms with Gasteiger partial charge in [0.15, 0.2) is 6.10 Å². The maximum atomic E-state index is 12.4. The first-order valence-corrected chi connectivity index (χ1v) is 8.24. The van der Waals surface area contributed by atoms with Crippen LogP contribution in [0.3, 0.4) is 0 Å². The van der Waals surface area contributed by atoms with E-state index in [1.54, 1.807) is 0 Å². The van der Waals surface area contributed by atoms with Crippen molar-refractivity contribution in [2.24, 2.45) is 0 Å². The van der Waals surface area contributed by atoms with E-state index in [4.69, 9.17) is 4.74 Å². The van der Waals surface area contributed by atoms with Crippen LogP contribution in [-0.4, -0.2) is 43.1 Å². The summed E-state index contributed by atoms with van der Waals surface area (Å²) in [5.41, 5.74) is 1.12.